The van der Waals surface area contributed by atoms with Crippen LogP contribution in [0.5, 0.6) is 0 Å². The van der Waals surface area contributed by atoms with E-state index in [1.807, 2.05) is 109 Å². The molecule has 0 spiro atoms. The monoisotopic (exact) mass is 792 g/mol. The van der Waals surface area contributed by atoms with Crippen molar-refractivity contribution in [3.8, 4) is 22.4 Å². The Morgan fingerprint density at radius 1 is 0.650 bits per heavy atom. The smallest absolute Gasteiger partial charge is 0.199 e. The summed E-state index contributed by atoms with van der Waals surface area (Å²) in [6, 6.07) is 36.1. The van der Waals surface area contributed by atoms with Gasteiger partial charge in [-0.15, -0.1) is 0 Å². The molecule has 7 heteroatoms. The topological polar surface area (TPSA) is 29.3 Å². The standard InChI is InChI=1S/C53H36F4N2O/c1-32-28-37(36-16-10-17-38(29-36)45-31-39(33-12-4-2-5-13-33)30-44(58-45)35-14-6-3-7-15-35)26-27-59(52-47(32)48(54)49(55)50(56)51(52)57)40-24-22-34(23-25-40)41-19-11-20-43-42-18-8-9-21-46(42)60-53(41)43/h2-14,16-22,24-31,34-35H,1,15,23H2/b27-26-,37-28+. The van der Waals surface area contributed by atoms with E-state index in [9.17, 15) is 0 Å². The maximum absolute atomic E-state index is 16.0. The summed E-state index contributed by atoms with van der Waals surface area (Å²) in [4.78, 5) is 6.52. The van der Waals surface area contributed by atoms with E-state index in [0.717, 1.165) is 67.6 Å². The minimum atomic E-state index is -1.90. The molecule has 2 unspecified atom stereocenters. The molecule has 5 aromatic carbocycles. The minimum absolute atomic E-state index is 0.0199. The summed E-state index contributed by atoms with van der Waals surface area (Å²) in [6.07, 6.45) is 20.2. The Hall–Kier alpha value is -7.25. The van der Waals surface area contributed by atoms with Crippen LogP contribution in [0.3, 0.4) is 0 Å². The molecule has 2 aliphatic carbocycles. The first-order valence-corrected chi connectivity index (χ1v) is 19.9. The summed E-state index contributed by atoms with van der Waals surface area (Å²) in [5.41, 5.74) is 8.03. The van der Waals surface area contributed by atoms with E-state index in [-0.39, 0.29) is 17.4 Å². The molecule has 0 fully saturated rings. The van der Waals surface area contributed by atoms with Gasteiger partial charge in [-0.1, -0.05) is 128 Å². The van der Waals surface area contributed by atoms with Crippen molar-refractivity contribution in [2.24, 2.45) is 0 Å². The number of aromatic nitrogens is 1. The zero-order valence-corrected chi connectivity index (χ0v) is 32.3. The summed E-state index contributed by atoms with van der Waals surface area (Å²) in [7, 11) is 0. The lowest BCUT2D eigenvalue weighted by Gasteiger charge is -2.30. The Balaban J connectivity index is 1.04. The third kappa shape index (κ3) is 6.52. The molecule has 0 amide bonds. The summed E-state index contributed by atoms with van der Waals surface area (Å²) < 4.78 is 68.4. The largest absolute Gasteiger partial charge is 0.456 e. The molecular formula is C53H36F4N2O. The van der Waals surface area contributed by atoms with Crippen molar-refractivity contribution in [3.63, 3.8) is 0 Å². The number of hydrogen-bond acceptors (Lipinski definition) is 3. The van der Waals surface area contributed by atoms with Crippen LogP contribution in [0.4, 0.5) is 23.2 Å². The van der Waals surface area contributed by atoms with Gasteiger partial charge in [0.25, 0.3) is 0 Å². The van der Waals surface area contributed by atoms with Gasteiger partial charge in [-0.05, 0) is 83.2 Å². The number of hydrogen-bond donors (Lipinski definition) is 0. The first kappa shape index (κ1) is 37.0. The predicted octanol–water partition coefficient (Wildman–Crippen LogP) is 14.5. The van der Waals surface area contributed by atoms with Crippen LogP contribution in [0.15, 0.2) is 187 Å². The molecule has 0 bridgehead atoms. The van der Waals surface area contributed by atoms with Gasteiger partial charge in [0.1, 0.15) is 11.2 Å². The fourth-order valence-electron chi connectivity index (χ4n) is 8.50. The fraction of sp³-hybridized carbons (Fsp3) is 0.0755. The SMILES string of the molecule is C=C1/C=C(c2cccc(-c3cc(-c4ccccc4)cc(C4C=CC=CC4)n3)c2)\C=C/N(C2=CCC(c3cccc4c3oc3ccccc34)C=C2)c2c(F)c(F)c(F)c(F)c21. The third-order valence-corrected chi connectivity index (χ3v) is 11.5. The Bertz CT molecular complexity index is 3080. The molecule has 7 aromatic rings. The second kappa shape index (κ2) is 15.2. The van der Waals surface area contributed by atoms with Gasteiger partial charge in [0.15, 0.2) is 23.3 Å². The maximum atomic E-state index is 16.0. The van der Waals surface area contributed by atoms with Gasteiger partial charge in [0, 0.05) is 56.9 Å². The molecule has 10 rings (SSSR count). The quantitative estimate of drug-likeness (QED) is 0.0954. The van der Waals surface area contributed by atoms with Crippen molar-refractivity contribution in [1.29, 1.82) is 0 Å². The van der Waals surface area contributed by atoms with E-state index in [1.54, 1.807) is 24.4 Å². The summed E-state index contributed by atoms with van der Waals surface area (Å²) in [6.45, 7) is 4.07. The lowest BCUT2D eigenvalue weighted by molar-refractivity contribution is 0.409. The van der Waals surface area contributed by atoms with E-state index < -0.39 is 34.5 Å². The lowest BCUT2D eigenvalue weighted by atomic mass is 9.89. The van der Waals surface area contributed by atoms with Crippen molar-refractivity contribution in [3.05, 3.63) is 228 Å². The number of allylic oxidation sites excluding steroid dienone is 11. The molecule has 0 N–H and O–H groups in total. The fourth-order valence-corrected chi connectivity index (χ4v) is 8.50. The third-order valence-electron chi connectivity index (χ3n) is 11.5. The molecule has 0 saturated carbocycles. The second-order valence-corrected chi connectivity index (χ2v) is 15.2. The number of rotatable bonds is 6. The van der Waals surface area contributed by atoms with Crippen molar-refractivity contribution in [2.75, 3.05) is 4.90 Å². The minimum Gasteiger partial charge on any atom is -0.456 e. The molecule has 3 aliphatic rings. The van der Waals surface area contributed by atoms with Gasteiger partial charge in [0.05, 0.1) is 11.4 Å². The Labute approximate surface area is 344 Å². The number of furan rings is 1. The highest BCUT2D eigenvalue weighted by Gasteiger charge is 2.32. The highest BCUT2D eigenvalue weighted by atomic mass is 19.2. The maximum Gasteiger partial charge on any atom is 0.199 e. The number of pyridine rings is 1. The molecule has 2 aromatic heterocycles. The lowest BCUT2D eigenvalue weighted by Crippen LogP contribution is -2.22. The molecular weight excluding hydrogens is 757 g/mol. The second-order valence-electron chi connectivity index (χ2n) is 15.2. The molecule has 0 saturated heterocycles. The van der Waals surface area contributed by atoms with Gasteiger partial charge in [-0.3, -0.25) is 4.98 Å². The van der Waals surface area contributed by atoms with Crippen molar-refractivity contribution < 1.29 is 22.0 Å². The van der Waals surface area contributed by atoms with Crippen LogP contribution < -0.4 is 4.90 Å². The number of fused-ring (bicyclic) bond motifs is 4. The number of halogens is 4. The van der Waals surface area contributed by atoms with Crippen LogP contribution in [-0.4, -0.2) is 4.98 Å². The summed E-state index contributed by atoms with van der Waals surface area (Å²) in [5.74, 6) is -6.81. The van der Waals surface area contributed by atoms with Gasteiger partial charge in [-0.25, -0.2) is 17.6 Å². The summed E-state index contributed by atoms with van der Waals surface area (Å²) in [5, 5.41) is 2.02. The predicted molar refractivity (Wildman–Crippen MR) is 234 cm³/mol. The number of anilines is 1. The van der Waals surface area contributed by atoms with E-state index in [0.29, 0.717) is 17.7 Å². The Morgan fingerprint density at radius 2 is 1.42 bits per heavy atom. The molecule has 292 valence electrons. The van der Waals surface area contributed by atoms with Crippen LogP contribution in [0.2, 0.25) is 0 Å². The molecule has 3 heterocycles. The highest BCUT2D eigenvalue weighted by Crippen LogP contribution is 2.43. The van der Waals surface area contributed by atoms with E-state index in [1.165, 1.54) is 4.90 Å². The average molecular weight is 793 g/mol. The van der Waals surface area contributed by atoms with Gasteiger partial charge in [0.2, 0.25) is 0 Å². The Morgan fingerprint density at radius 3 is 2.23 bits per heavy atom. The van der Waals surface area contributed by atoms with Crippen LogP contribution >= 0.6 is 0 Å². The van der Waals surface area contributed by atoms with Gasteiger partial charge < -0.3 is 9.32 Å². The van der Waals surface area contributed by atoms with Crippen molar-refractivity contribution >= 4 is 38.8 Å². The normalized spacial score (nSPS) is 18.9. The van der Waals surface area contributed by atoms with E-state index in [2.05, 4.69) is 43.0 Å². The van der Waals surface area contributed by atoms with Gasteiger partial charge >= 0.3 is 0 Å². The molecule has 3 nitrogen and oxygen atoms in total. The van der Waals surface area contributed by atoms with Crippen LogP contribution in [0.1, 0.15) is 47.1 Å². The van der Waals surface area contributed by atoms with Crippen LogP contribution in [0.25, 0.3) is 55.5 Å². The highest BCUT2D eigenvalue weighted by molar-refractivity contribution is 6.06. The van der Waals surface area contributed by atoms with Crippen LogP contribution in [0, 0.1) is 23.3 Å². The first-order chi connectivity index (χ1) is 29.3. The molecule has 2 atom stereocenters. The van der Waals surface area contributed by atoms with Gasteiger partial charge in [-0.2, -0.15) is 0 Å². The van der Waals surface area contributed by atoms with E-state index >= 15 is 17.6 Å². The first-order valence-electron chi connectivity index (χ1n) is 19.9. The molecule has 60 heavy (non-hydrogen) atoms. The number of para-hydroxylation sites is 2. The molecule has 1 aliphatic heterocycles. The van der Waals surface area contributed by atoms with Crippen molar-refractivity contribution in [1.82, 2.24) is 4.98 Å². The zero-order valence-electron chi connectivity index (χ0n) is 32.3. The number of nitrogens with zero attached hydrogens (tertiary/aromatic N) is 2. The number of benzene rings is 5. The average Bonchev–Trinajstić information content (AvgIpc) is 3.68. The van der Waals surface area contributed by atoms with Crippen molar-refractivity contribution in [2.45, 2.75) is 24.7 Å². The Kier molecular flexibility index (Phi) is 9.36. The molecule has 0 radical (unpaired) electrons. The van der Waals surface area contributed by atoms with Crippen LogP contribution in [-0.2, 0) is 0 Å². The summed E-state index contributed by atoms with van der Waals surface area (Å²) >= 11 is 0. The van der Waals surface area contributed by atoms with E-state index in [4.69, 9.17) is 9.40 Å². The zero-order chi connectivity index (χ0) is 40.9.